The maximum Gasteiger partial charge on any atom is 0.0442 e. The van der Waals surface area contributed by atoms with Crippen LogP contribution < -0.4 is 0 Å². The fourth-order valence-corrected chi connectivity index (χ4v) is 1.11. The van der Waals surface area contributed by atoms with Crippen LogP contribution in [0.5, 0.6) is 0 Å². The van der Waals surface area contributed by atoms with Crippen LogP contribution >= 0.6 is 11.6 Å². The molecule has 0 fully saturated rings. The molecular formula is C8H9Cl. The van der Waals surface area contributed by atoms with Gasteiger partial charge in [-0.3, -0.25) is 0 Å². The molecule has 9 heavy (non-hydrogen) atoms. The van der Waals surface area contributed by atoms with E-state index in [-0.39, 0.29) is 0 Å². The molecule has 0 saturated heterocycles. The molecule has 1 unspecified atom stereocenters. The van der Waals surface area contributed by atoms with Crippen molar-refractivity contribution in [3.63, 3.8) is 0 Å². The zero-order valence-corrected chi connectivity index (χ0v) is 6.15. The molecule has 0 aliphatic heterocycles. The normalized spacial score (nSPS) is 24.2. The third-order valence-electron chi connectivity index (χ3n) is 1.48. The zero-order valence-electron chi connectivity index (χ0n) is 5.39. The monoisotopic (exact) mass is 140 g/mol. The lowest BCUT2D eigenvalue weighted by molar-refractivity contribution is 0.862. The molecule has 1 heteroatoms. The van der Waals surface area contributed by atoms with E-state index in [1.807, 2.05) is 18.2 Å². The molecule has 1 atom stereocenters. The molecule has 0 N–H and O–H groups in total. The number of rotatable bonds is 1. The van der Waals surface area contributed by atoms with Gasteiger partial charge in [0.05, 0.1) is 0 Å². The maximum atomic E-state index is 5.64. The first-order valence-corrected chi connectivity index (χ1v) is 3.55. The van der Waals surface area contributed by atoms with E-state index in [2.05, 4.69) is 12.7 Å². The molecule has 0 aromatic rings. The molecule has 1 aliphatic carbocycles. The average molecular weight is 141 g/mol. The van der Waals surface area contributed by atoms with Gasteiger partial charge < -0.3 is 0 Å². The number of halogens is 1. The van der Waals surface area contributed by atoms with Gasteiger partial charge >= 0.3 is 0 Å². The molecule has 0 heterocycles. The molecule has 0 nitrogen and oxygen atoms in total. The number of hydrogen-bond donors (Lipinski definition) is 0. The van der Waals surface area contributed by atoms with Crippen molar-refractivity contribution < 1.29 is 0 Å². The Hall–Kier alpha value is -0.450. The third-order valence-corrected chi connectivity index (χ3v) is 1.79. The predicted molar refractivity (Wildman–Crippen MR) is 40.6 cm³/mol. The van der Waals surface area contributed by atoms with E-state index in [0.717, 1.165) is 0 Å². The predicted octanol–water partition coefficient (Wildman–Crippen LogP) is 2.51. The van der Waals surface area contributed by atoms with E-state index in [1.54, 1.807) is 0 Å². The summed E-state index contributed by atoms with van der Waals surface area (Å²) in [7, 11) is 0. The van der Waals surface area contributed by atoms with Crippen LogP contribution in [0.15, 0.2) is 29.5 Å². The summed E-state index contributed by atoms with van der Waals surface area (Å²) in [5, 5.41) is 0. The van der Waals surface area contributed by atoms with Crippen molar-refractivity contribution in [1.29, 1.82) is 0 Å². The first-order chi connectivity index (χ1) is 4.34. The van der Waals surface area contributed by atoms with Crippen molar-refractivity contribution in [2.45, 2.75) is 6.92 Å². The lowest BCUT2D eigenvalue weighted by atomic mass is 10.00. The van der Waals surface area contributed by atoms with Crippen LogP contribution in [0.1, 0.15) is 6.92 Å². The average Bonchev–Trinajstić information content (AvgIpc) is 1.89. The van der Waals surface area contributed by atoms with Crippen LogP contribution in [0.3, 0.4) is 0 Å². The van der Waals surface area contributed by atoms with Gasteiger partial charge in [-0.05, 0) is 17.7 Å². The molecule has 0 radical (unpaired) electrons. The summed E-state index contributed by atoms with van der Waals surface area (Å²) in [6.45, 7) is 2.12. The molecule has 1 aliphatic rings. The number of allylic oxidation sites excluding steroid dienone is 3. The molecule has 0 aromatic heterocycles. The van der Waals surface area contributed by atoms with Gasteiger partial charge in [0.25, 0.3) is 0 Å². The fourth-order valence-electron chi connectivity index (χ4n) is 0.780. The van der Waals surface area contributed by atoms with Crippen LogP contribution in [0.4, 0.5) is 0 Å². The van der Waals surface area contributed by atoms with E-state index >= 15 is 0 Å². The summed E-state index contributed by atoms with van der Waals surface area (Å²) in [5.41, 5.74) is 4.29. The Morgan fingerprint density at radius 2 is 2.56 bits per heavy atom. The smallest absolute Gasteiger partial charge is 0.0442 e. The standard InChI is InChI=1S/C8H9Cl/c1-7-4-2-3-5-8(7)6-9/h3-5,7H,6H2,1H3. The maximum absolute atomic E-state index is 5.64. The Morgan fingerprint density at radius 1 is 1.78 bits per heavy atom. The van der Waals surface area contributed by atoms with Gasteiger partial charge in [0.1, 0.15) is 0 Å². The lowest BCUT2D eigenvalue weighted by Gasteiger charge is -2.08. The first kappa shape index (κ1) is 6.67. The van der Waals surface area contributed by atoms with Gasteiger partial charge in [-0.25, -0.2) is 0 Å². The Morgan fingerprint density at radius 3 is 3.00 bits per heavy atom. The largest absolute Gasteiger partial charge is 0.125 e. The van der Waals surface area contributed by atoms with E-state index in [9.17, 15) is 0 Å². The lowest BCUT2D eigenvalue weighted by Crippen LogP contribution is -1.97. The van der Waals surface area contributed by atoms with Crippen LogP contribution in [0.25, 0.3) is 0 Å². The van der Waals surface area contributed by atoms with Crippen molar-refractivity contribution in [2.24, 2.45) is 5.92 Å². The minimum atomic E-state index is 0.479. The van der Waals surface area contributed by atoms with Crippen molar-refractivity contribution >= 4 is 11.6 Å². The summed E-state index contributed by atoms with van der Waals surface area (Å²) < 4.78 is 0. The van der Waals surface area contributed by atoms with Gasteiger partial charge in [-0.2, -0.15) is 0 Å². The quantitative estimate of drug-likeness (QED) is 0.388. The zero-order chi connectivity index (χ0) is 6.69. The fraction of sp³-hybridized carbons (Fsp3) is 0.375. The van der Waals surface area contributed by atoms with Gasteiger partial charge in [0.2, 0.25) is 0 Å². The molecule has 0 aromatic carbocycles. The third kappa shape index (κ3) is 1.48. The van der Waals surface area contributed by atoms with Crippen LogP contribution in [-0.2, 0) is 0 Å². The second-order valence-electron chi connectivity index (χ2n) is 2.16. The highest BCUT2D eigenvalue weighted by Crippen LogP contribution is 2.15. The molecule has 48 valence electrons. The van der Waals surface area contributed by atoms with Crippen LogP contribution in [-0.4, -0.2) is 5.88 Å². The molecule has 0 saturated carbocycles. The summed E-state index contributed by atoms with van der Waals surface area (Å²) in [6.07, 6.45) is 5.95. The Bertz CT molecular complexity index is 183. The highest BCUT2D eigenvalue weighted by Gasteiger charge is 2.03. The van der Waals surface area contributed by atoms with E-state index in [4.69, 9.17) is 11.6 Å². The summed E-state index contributed by atoms with van der Waals surface area (Å²) >= 11 is 5.64. The highest BCUT2D eigenvalue weighted by atomic mass is 35.5. The summed E-state index contributed by atoms with van der Waals surface area (Å²) in [4.78, 5) is 0. The Balaban J connectivity index is 2.76. The van der Waals surface area contributed by atoms with E-state index in [1.165, 1.54) is 5.57 Å². The molecule has 0 spiro atoms. The van der Waals surface area contributed by atoms with Gasteiger partial charge in [-0.1, -0.05) is 13.0 Å². The van der Waals surface area contributed by atoms with Crippen molar-refractivity contribution in [2.75, 3.05) is 5.88 Å². The molecule has 1 rings (SSSR count). The van der Waals surface area contributed by atoms with Crippen molar-refractivity contribution in [3.05, 3.63) is 29.5 Å². The minimum absolute atomic E-state index is 0.479. The first-order valence-electron chi connectivity index (χ1n) is 3.02. The van der Waals surface area contributed by atoms with Gasteiger partial charge in [-0.15, -0.1) is 17.3 Å². The van der Waals surface area contributed by atoms with Crippen molar-refractivity contribution in [3.8, 4) is 0 Å². The van der Waals surface area contributed by atoms with Crippen LogP contribution in [0.2, 0.25) is 0 Å². The highest BCUT2D eigenvalue weighted by molar-refractivity contribution is 6.19. The summed E-state index contributed by atoms with van der Waals surface area (Å²) in [6, 6.07) is 0. The molecule has 0 bridgehead atoms. The van der Waals surface area contributed by atoms with Crippen molar-refractivity contribution in [1.82, 2.24) is 0 Å². The SMILES string of the molecule is CC1C=C=CC=C1CCl. The van der Waals surface area contributed by atoms with Gasteiger partial charge in [0, 0.05) is 11.8 Å². The number of alkyl halides is 1. The topological polar surface area (TPSA) is 0 Å². The van der Waals surface area contributed by atoms with Crippen LogP contribution in [0, 0.1) is 5.92 Å². The second kappa shape index (κ2) is 2.91. The Labute approximate surface area is 60.5 Å². The van der Waals surface area contributed by atoms with Gasteiger partial charge in [0.15, 0.2) is 0 Å². The van der Waals surface area contributed by atoms with E-state index < -0.39 is 0 Å². The van der Waals surface area contributed by atoms with E-state index in [0.29, 0.717) is 11.8 Å². The summed E-state index contributed by atoms with van der Waals surface area (Å²) in [5.74, 6) is 1.11. The molecular weight excluding hydrogens is 132 g/mol. The number of hydrogen-bond acceptors (Lipinski definition) is 0. The second-order valence-corrected chi connectivity index (χ2v) is 2.43. The minimum Gasteiger partial charge on any atom is -0.125 e. The molecule has 0 amide bonds. The Kier molecular flexibility index (Phi) is 2.16.